The molecule has 1 aliphatic rings. The molecule has 0 N–H and O–H groups in total. The summed E-state index contributed by atoms with van der Waals surface area (Å²) in [6.45, 7) is 3.82. The van der Waals surface area contributed by atoms with E-state index in [2.05, 4.69) is 12.6 Å². The maximum Gasteiger partial charge on any atom is 0.127 e. The molecule has 0 unspecified atom stereocenters. The van der Waals surface area contributed by atoms with Crippen LogP contribution in [0.5, 0.6) is 0 Å². The highest BCUT2D eigenvalue weighted by atomic mass is 19.1. The number of hydrogen-bond acceptors (Lipinski definition) is 0. The Balaban J connectivity index is 2.07. The normalized spacial score (nSPS) is 26.2. The minimum atomic E-state index is -0.0976. The van der Waals surface area contributed by atoms with E-state index in [1.54, 1.807) is 6.07 Å². The minimum absolute atomic E-state index is 0.0976. The molecular weight excluding hydrogens is 187 g/mol. The van der Waals surface area contributed by atoms with Crippen LogP contribution in [0, 0.1) is 17.8 Å². The number of allylic oxidation sites excluding steroid dienone is 1. The molecule has 0 nitrogen and oxygen atoms in total. The zero-order valence-electron chi connectivity index (χ0n) is 8.88. The Morgan fingerprint density at radius 1 is 1.33 bits per heavy atom. The van der Waals surface area contributed by atoms with Crippen LogP contribution < -0.4 is 0 Å². The van der Waals surface area contributed by atoms with Crippen LogP contribution in [-0.4, -0.2) is 0 Å². The number of halogens is 1. The zero-order valence-corrected chi connectivity index (χ0v) is 8.88. The second-order valence-corrected chi connectivity index (χ2v) is 4.30. The largest absolute Gasteiger partial charge is 0.207 e. The van der Waals surface area contributed by atoms with Gasteiger partial charge in [0, 0.05) is 0 Å². The van der Waals surface area contributed by atoms with Gasteiger partial charge in [0.15, 0.2) is 0 Å². The van der Waals surface area contributed by atoms with Gasteiger partial charge in [0.2, 0.25) is 0 Å². The van der Waals surface area contributed by atoms with Crippen molar-refractivity contribution in [3.63, 3.8) is 0 Å². The van der Waals surface area contributed by atoms with E-state index < -0.39 is 0 Å². The molecule has 1 saturated carbocycles. The highest BCUT2D eigenvalue weighted by Gasteiger charge is 2.22. The van der Waals surface area contributed by atoms with Gasteiger partial charge in [-0.2, -0.15) is 0 Å². The van der Waals surface area contributed by atoms with Crippen LogP contribution in [-0.2, 0) is 0 Å². The van der Waals surface area contributed by atoms with Crippen LogP contribution in [0.4, 0.5) is 4.39 Å². The molecule has 0 heterocycles. The smallest absolute Gasteiger partial charge is 0.127 e. The first-order chi connectivity index (χ1) is 7.31. The van der Waals surface area contributed by atoms with E-state index >= 15 is 0 Å². The molecule has 1 aromatic carbocycles. The fourth-order valence-electron chi connectivity index (χ4n) is 2.42. The summed E-state index contributed by atoms with van der Waals surface area (Å²) in [6, 6.07) is 7.88. The van der Waals surface area contributed by atoms with E-state index in [0.717, 1.165) is 31.2 Å². The zero-order chi connectivity index (χ0) is 10.7. The first kappa shape index (κ1) is 10.4. The second-order valence-electron chi connectivity index (χ2n) is 4.30. The van der Waals surface area contributed by atoms with Crippen molar-refractivity contribution >= 4 is 0 Å². The molecule has 0 atom stereocenters. The average molecular weight is 203 g/mol. The molecule has 79 valence electrons. The Labute approximate surface area is 90.8 Å². The van der Waals surface area contributed by atoms with E-state index in [9.17, 15) is 4.39 Å². The van der Waals surface area contributed by atoms with Gasteiger partial charge in [-0.15, -0.1) is 6.58 Å². The molecule has 1 fully saturated rings. The van der Waals surface area contributed by atoms with Gasteiger partial charge in [0.05, 0.1) is 0 Å². The lowest BCUT2D eigenvalue weighted by Gasteiger charge is -2.27. The molecule has 15 heavy (non-hydrogen) atoms. The van der Waals surface area contributed by atoms with Crippen molar-refractivity contribution in [2.75, 3.05) is 0 Å². The summed E-state index contributed by atoms with van der Waals surface area (Å²) < 4.78 is 13.5. The van der Waals surface area contributed by atoms with Crippen LogP contribution >= 0.6 is 0 Å². The fraction of sp³-hybridized carbons (Fsp3) is 0.429. The molecule has 0 spiro atoms. The van der Waals surface area contributed by atoms with Gasteiger partial charge in [-0.1, -0.05) is 18.2 Å². The highest BCUT2D eigenvalue weighted by Crippen LogP contribution is 2.36. The maximum absolute atomic E-state index is 13.5. The molecule has 2 rings (SSSR count). The minimum Gasteiger partial charge on any atom is -0.207 e. The van der Waals surface area contributed by atoms with Crippen molar-refractivity contribution in [3.8, 4) is 0 Å². The monoisotopic (exact) mass is 203 g/mol. The van der Waals surface area contributed by atoms with Gasteiger partial charge >= 0.3 is 0 Å². The molecule has 0 bridgehead atoms. The van der Waals surface area contributed by atoms with E-state index in [0.29, 0.717) is 11.8 Å². The van der Waals surface area contributed by atoms with Gasteiger partial charge in [-0.05, 0) is 55.2 Å². The molecule has 0 aliphatic heterocycles. The van der Waals surface area contributed by atoms with E-state index in [1.807, 2.05) is 12.1 Å². The topological polar surface area (TPSA) is 0 Å². The summed E-state index contributed by atoms with van der Waals surface area (Å²) in [4.78, 5) is 0. The lowest BCUT2D eigenvalue weighted by Crippen LogP contribution is -2.12. The predicted molar refractivity (Wildman–Crippen MR) is 60.1 cm³/mol. The fourth-order valence-corrected chi connectivity index (χ4v) is 2.42. The van der Waals surface area contributed by atoms with Crippen molar-refractivity contribution in [1.82, 2.24) is 0 Å². The number of hydrogen-bond donors (Lipinski definition) is 0. The van der Waals surface area contributed by atoms with Crippen molar-refractivity contribution in [2.24, 2.45) is 5.92 Å². The lowest BCUT2D eigenvalue weighted by atomic mass is 9.78. The van der Waals surface area contributed by atoms with Gasteiger partial charge < -0.3 is 0 Å². The maximum atomic E-state index is 13.5. The predicted octanol–water partition coefficient (Wildman–Crippen LogP) is 4.09. The molecule has 0 saturated heterocycles. The molecule has 0 amide bonds. The van der Waals surface area contributed by atoms with Crippen molar-refractivity contribution in [3.05, 3.63) is 48.3 Å². The summed E-state index contributed by atoms with van der Waals surface area (Å²) in [5.41, 5.74) is 0.872. The Hall–Kier alpha value is -1.11. The Bertz CT molecular complexity index is 335. The van der Waals surface area contributed by atoms with Crippen molar-refractivity contribution in [2.45, 2.75) is 31.6 Å². The summed E-state index contributed by atoms with van der Waals surface area (Å²) >= 11 is 0. The van der Waals surface area contributed by atoms with E-state index in [-0.39, 0.29) is 5.82 Å². The Morgan fingerprint density at radius 2 is 2.07 bits per heavy atom. The van der Waals surface area contributed by atoms with Crippen LogP contribution in [0.15, 0.2) is 30.9 Å². The SMILES string of the molecule is C=CC1CCC(c2cc[c]cc2F)CC1. The Morgan fingerprint density at radius 3 is 2.67 bits per heavy atom. The molecule has 1 radical (unpaired) electrons. The summed E-state index contributed by atoms with van der Waals surface area (Å²) in [5.74, 6) is 0.940. The van der Waals surface area contributed by atoms with Crippen LogP contribution in [0.25, 0.3) is 0 Å². The molecule has 1 aromatic rings. The number of benzene rings is 1. The van der Waals surface area contributed by atoms with Gasteiger partial charge in [0.1, 0.15) is 5.82 Å². The van der Waals surface area contributed by atoms with Gasteiger partial charge in [0.25, 0.3) is 0 Å². The third-order valence-corrected chi connectivity index (χ3v) is 3.39. The van der Waals surface area contributed by atoms with Crippen molar-refractivity contribution < 1.29 is 4.39 Å². The number of rotatable bonds is 2. The Kier molecular flexibility index (Phi) is 3.20. The molecule has 1 heteroatoms. The summed E-state index contributed by atoms with van der Waals surface area (Å²) in [5, 5.41) is 0. The van der Waals surface area contributed by atoms with Gasteiger partial charge in [-0.3, -0.25) is 0 Å². The van der Waals surface area contributed by atoms with Crippen molar-refractivity contribution in [1.29, 1.82) is 0 Å². The molecular formula is C14H16F. The van der Waals surface area contributed by atoms with Crippen LogP contribution in [0.1, 0.15) is 37.2 Å². The molecule has 0 aromatic heterocycles. The van der Waals surface area contributed by atoms with E-state index in [4.69, 9.17) is 0 Å². The first-order valence-electron chi connectivity index (χ1n) is 5.59. The lowest BCUT2D eigenvalue weighted by molar-refractivity contribution is 0.369. The van der Waals surface area contributed by atoms with Gasteiger partial charge in [-0.25, -0.2) is 4.39 Å². The summed E-state index contributed by atoms with van der Waals surface area (Å²) in [6.07, 6.45) is 6.49. The highest BCUT2D eigenvalue weighted by molar-refractivity contribution is 5.21. The average Bonchev–Trinajstić information content (AvgIpc) is 2.30. The third-order valence-electron chi connectivity index (χ3n) is 3.39. The quantitative estimate of drug-likeness (QED) is 0.635. The molecule has 1 aliphatic carbocycles. The van der Waals surface area contributed by atoms with Crippen LogP contribution in [0.3, 0.4) is 0 Å². The summed E-state index contributed by atoms with van der Waals surface area (Å²) in [7, 11) is 0. The van der Waals surface area contributed by atoms with Crippen LogP contribution in [0.2, 0.25) is 0 Å². The second kappa shape index (κ2) is 4.61. The first-order valence-corrected chi connectivity index (χ1v) is 5.59. The standard InChI is InChI=1S/C14H16F/c1-2-11-7-9-12(10-8-11)13-5-3-4-6-14(13)15/h2-3,5-6,11-12H,1,7-10H2. The third kappa shape index (κ3) is 2.28. The van der Waals surface area contributed by atoms with E-state index in [1.165, 1.54) is 6.07 Å².